The number of halogens is 2. The Kier molecular flexibility index (Phi) is 5.43. The summed E-state index contributed by atoms with van der Waals surface area (Å²) < 4.78 is 5.92. The summed E-state index contributed by atoms with van der Waals surface area (Å²) in [6, 6.07) is 8.65. The van der Waals surface area contributed by atoms with Gasteiger partial charge in [0.2, 0.25) is 0 Å². The molecule has 0 saturated carbocycles. The van der Waals surface area contributed by atoms with Crippen molar-refractivity contribution in [2.24, 2.45) is 0 Å². The lowest BCUT2D eigenvalue weighted by Crippen LogP contribution is -2.46. The van der Waals surface area contributed by atoms with Gasteiger partial charge in [-0.3, -0.25) is 4.98 Å². The van der Waals surface area contributed by atoms with Crippen molar-refractivity contribution in [3.8, 4) is 5.75 Å². The number of anilines is 1. The number of pyridine rings is 1. The van der Waals surface area contributed by atoms with Crippen molar-refractivity contribution in [3.05, 3.63) is 52.8 Å². The molecule has 2 aromatic rings. The predicted molar refractivity (Wildman–Crippen MR) is 94.9 cm³/mol. The summed E-state index contributed by atoms with van der Waals surface area (Å²) in [7, 11) is 0. The molecule has 1 fully saturated rings. The fourth-order valence-electron chi connectivity index (χ4n) is 2.63. The Hall–Kier alpha value is -1.98. The summed E-state index contributed by atoms with van der Waals surface area (Å²) in [5.74, 6) is 0.591. The number of urea groups is 1. The number of amides is 2. The normalized spacial score (nSPS) is 17.4. The molecular formula is C17H17Cl2N3O2. The molecule has 1 aromatic heterocycles. The largest absolute Gasteiger partial charge is 0.487 e. The molecule has 1 aliphatic rings. The van der Waals surface area contributed by atoms with E-state index in [9.17, 15) is 4.79 Å². The zero-order valence-corrected chi connectivity index (χ0v) is 14.4. The molecule has 0 radical (unpaired) electrons. The first kappa shape index (κ1) is 16.9. The van der Waals surface area contributed by atoms with Gasteiger partial charge in [0.1, 0.15) is 16.9 Å². The Morgan fingerprint density at radius 2 is 2.21 bits per heavy atom. The van der Waals surface area contributed by atoms with Crippen molar-refractivity contribution in [2.45, 2.75) is 18.9 Å². The number of nitrogens with one attached hydrogen (secondary N) is 1. The molecule has 1 N–H and O–H groups in total. The monoisotopic (exact) mass is 365 g/mol. The number of benzene rings is 1. The molecule has 1 atom stereocenters. The second-order valence-corrected chi connectivity index (χ2v) is 6.42. The molecular weight excluding hydrogens is 349 g/mol. The summed E-state index contributed by atoms with van der Waals surface area (Å²) in [5, 5.41) is 3.91. The van der Waals surface area contributed by atoms with E-state index in [1.807, 2.05) is 0 Å². The lowest BCUT2D eigenvalue weighted by atomic mass is 10.1. The second-order valence-electron chi connectivity index (χ2n) is 5.57. The van der Waals surface area contributed by atoms with E-state index in [0.29, 0.717) is 34.6 Å². The van der Waals surface area contributed by atoms with Crippen LogP contribution in [0.2, 0.25) is 10.0 Å². The van der Waals surface area contributed by atoms with Crippen LogP contribution in [0.1, 0.15) is 12.8 Å². The second kappa shape index (κ2) is 7.73. The number of piperidine rings is 1. The van der Waals surface area contributed by atoms with E-state index in [-0.39, 0.29) is 12.1 Å². The first-order valence-corrected chi connectivity index (χ1v) is 8.45. The third-order valence-corrected chi connectivity index (χ3v) is 4.29. The highest BCUT2D eigenvalue weighted by atomic mass is 35.5. The van der Waals surface area contributed by atoms with Gasteiger partial charge in [-0.2, -0.15) is 0 Å². The molecule has 1 aliphatic heterocycles. The quantitative estimate of drug-likeness (QED) is 0.873. The Bertz CT molecular complexity index is 726. The standard InChI is InChI=1S/C17H17Cl2N3O2/c18-12-3-1-4-13(9-12)21-17(23)22-8-2-5-14(11-22)24-16-6-7-20-10-15(16)19/h1,3-4,6-7,9-10,14H,2,5,8,11H2,(H,21,23). The first-order valence-electron chi connectivity index (χ1n) is 7.69. The molecule has 0 spiro atoms. The number of nitrogens with zero attached hydrogens (tertiary/aromatic N) is 2. The smallest absolute Gasteiger partial charge is 0.321 e. The van der Waals surface area contributed by atoms with Crippen LogP contribution in [0.25, 0.3) is 0 Å². The van der Waals surface area contributed by atoms with Crippen LogP contribution >= 0.6 is 23.2 Å². The number of hydrogen-bond acceptors (Lipinski definition) is 3. The molecule has 1 unspecified atom stereocenters. The summed E-state index contributed by atoms with van der Waals surface area (Å²) in [5.41, 5.74) is 0.674. The van der Waals surface area contributed by atoms with Gasteiger partial charge in [-0.1, -0.05) is 29.3 Å². The van der Waals surface area contributed by atoms with Gasteiger partial charge < -0.3 is 15.0 Å². The fraction of sp³-hybridized carbons (Fsp3) is 0.294. The average molecular weight is 366 g/mol. The Morgan fingerprint density at radius 3 is 3.00 bits per heavy atom. The summed E-state index contributed by atoms with van der Waals surface area (Å²) in [4.78, 5) is 18.1. The Balaban J connectivity index is 1.60. The highest BCUT2D eigenvalue weighted by molar-refractivity contribution is 6.31. The van der Waals surface area contributed by atoms with Gasteiger partial charge in [0.15, 0.2) is 0 Å². The van der Waals surface area contributed by atoms with Crippen LogP contribution in [0.5, 0.6) is 5.75 Å². The summed E-state index contributed by atoms with van der Waals surface area (Å²) in [6.45, 7) is 1.20. The summed E-state index contributed by atoms with van der Waals surface area (Å²) in [6.07, 6.45) is 4.83. The van der Waals surface area contributed by atoms with Crippen molar-refractivity contribution in [2.75, 3.05) is 18.4 Å². The number of carbonyl (C=O) groups is 1. The fourth-order valence-corrected chi connectivity index (χ4v) is 2.98. The van der Waals surface area contributed by atoms with Gasteiger partial charge >= 0.3 is 6.03 Å². The molecule has 0 aliphatic carbocycles. The third-order valence-electron chi connectivity index (χ3n) is 3.77. The number of aromatic nitrogens is 1. The molecule has 2 amide bonds. The zero-order valence-electron chi connectivity index (χ0n) is 12.9. The highest BCUT2D eigenvalue weighted by Gasteiger charge is 2.25. The van der Waals surface area contributed by atoms with Crippen LogP contribution in [0.4, 0.5) is 10.5 Å². The summed E-state index contributed by atoms with van der Waals surface area (Å²) >= 11 is 12.0. The molecule has 1 aromatic carbocycles. The van der Waals surface area contributed by atoms with E-state index < -0.39 is 0 Å². The molecule has 2 heterocycles. The van der Waals surface area contributed by atoms with E-state index in [4.69, 9.17) is 27.9 Å². The van der Waals surface area contributed by atoms with Crippen molar-refractivity contribution < 1.29 is 9.53 Å². The molecule has 7 heteroatoms. The number of likely N-dealkylation sites (tertiary alicyclic amines) is 1. The number of ether oxygens (including phenoxy) is 1. The van der Waals surface area contributed by atoms with Crippen LogP contribution in [0.3, 0.4) is 0 Å². The topological polar surface area (TPSA) is 54.5 Å². The Morgan fingerprint density at radius 1 is 1.33 bits per heavy atom. The number of hydrogen-bond donors (Lipinski definition) is 1. The van der Waals surface area contributed by atoms with Gasteiger partial charge in [-0.05, 0) is 31.0 Å². The SMILES string of the molecule is O=C(Nc1cccc(Cl)c1)N1CCCC(Oc2ccncc2Cl)C1. The Labute approximate surface area is 150 Å². The van der Waals surface area contributed by atoms with Crippen LogP contribution in [-0.4, -0.2) is 35.1 Å². The molecule has 24 heavy (non-hydrogen) atoms. The van der Waals surface area contributed by atoms with Crippen LogP contribution < -0.4 is 10.1 Å². The maximum atomic E-state index is 12.4. The van der Waals surface area contributed by atoms with Crippen LogP contribution in [-0.2, 0) is 0 Å². The zero-order chi connectivity index (χ0) is 16.9. The molecule has 5 nitrogen and oxygen atoms in total. The highest BCUT2D eigenvalue weighted by Crippen LogP contribution is 2.26. The lowest BCUT2D eigenvalue weighted by molar-refractivity contribution is 0.106. The van der Waals surface area contributed by atoms with Crippen LogP contribution in [0.15, 0.2) is 42.7 Å². The van der Waals surface area contributed by atoms with Crippen LogP contribution in [0, 0.1) is 0 Å². The van der Waals surface area contributed by atoms with Gasteiger partial charge in [0.25, 0.3) is 0 Å². The van der Waals surface area contributed by atoms with E-state index in [1.165, 1.54) is 0 Å². The minimum atomic E-state index is -0.161. The van der Waals surface area contributed by atoms with Gasteiger partial charge in [-0.15, -0.1) is 0 Å². The third kappa shape index (κ3) is 4.30. The molecule has 1 saturated heterocycles. The van der Waals surface area contributed by atoms with Crippen molar-refractivity contribution in [3.63, 3.8) is 0 Å². The van der Waals surface area contributed by atoms with E-state index in [0.717, 1.165) is 12.8 Å². The average Bonchev–Trinajstić information content (AvgIpc) is 2.57. The maximum absolute atomic E-state index is 12.4. The number of carbonyl (C=O) groups excluding carboxylic acids is 1. The van der Waals surface area contributed by atoms with Crippen molar-refractivity contribution in [1.29, 1.82) is 0 Å². The number of rotatable bonds is 3. The van der Waals surface area contributed by atoms with Gasteiger partial charge in [-0.25, -0.2) is 4.79 Å². The van der Waals surface area contributed by atoms with E-state index in [2.05, 4.69) is 10.3 Å². The van der Waals surface area contributed by atoms with E-state index in [1.54, 1.807) is 47.6 Å². The molecule has 3 rings (SSSR count). The minimum absolute atomic E-state index is 0.0937. The molecule has 126 valence electrons. The van der Waals surface area contributed by atoms with Gasteiger partial charge in [0.05, 0.1) is 6.54 Å². The van der Waals surface area contributed by atoms with Gasteiger partial charge in [0, 0.05) is 35.7 Å². The van der Waals surface area contributed by atoms with Crippen molar-refractivity contribution >= 4 is 34.9 Å². The molecule has 0 bridgehead atoms. The van der Waals surface area contributed by atoms with E-state index >= 15 is 0 Å². The van der Waals surface area contributed by atoms with Crippen molar-refractivity contribution in [1.82, 2.24) is 9.88 Å². The minimum Gasteiger partial charge on any atom is -0.487 e. The lowest BCUT2D eigenvalue weighted by Gasteiger charge is -2.33. The predicted octanol–water partition coefficient (Wildman–Crippen LogP) is 4.46. The maximum Gasteiger partial charge on any atom is 0.321 e. The first-order chi connectivity index (χ1) is 11.6.